The largest absolute Gasteiger partial charge is 0.493 e. The van der Waals surface area contributed by atoms with Crippen LogP contribution in [0.15, 0.2) is 34.9 Å². The molecule has 3 nitrogen and oxygen atoms in total. The minimum atomic E-state index is 0.804. The van der Waals surface area contributed by atoms with E-state index in [1.165, 1.54) is 16.8 Å². The molecule has 0 unspecified atom stereocenters. The molecule has 21 heavy (non-hydrogen) atoms. The molecule has 0 atom stereocenters. The number of ether oxygens (including phenoxy) is 1. The second-order valence-electron chi connectivity index (χ2n) is 5.45. The molecule has 1 N–H and O–H groups in total. The van der Waals surface area contributed by atoms with Gasteiger partial charge in [0.15, 0.2) is 0 Å². The van der Waals surface area contributed by atoms with Gasteiger partial charge in [-0.05, 0) is 36.2 Å². The van der Waals surface area contributed by atoms with E-state index in [0.717, 1.165) is 49.3 Å². The molecule has 112 valence electrons. The summed E-state index contributed by atoms with van der Waals surface area (Å²) in [5, 5.41) is 3.54. The van der Waals surface area contributed by atoms with Gasteiger partial charge in [-0.1, -0.05) is 22.9 Å². The first-order valence-electron chi connectivity index (χ1n) is 7.56. The number of nitrogens with zero attached hydrogens (tertiary/aromatic N) is 1. The Hall–Kier alpha value is -1.26. The molecule has 1 aromatic carbocycles. The van der Waals surface area contributed by atoms with Gasteiger partial charge in [-0.15, -0.1) is 0 Å². The number of halogens is 1. The quantitative estimate of drug-likeness (QED) is 0.857. The predicted octanol–water partition coefficient (Wildman–Crippen LogP) is 3.89. The summed E-state index contributed by atoms with van der Waals surface area (Å²) in [5.41, 5.74) is 3.89. The van der Waals surface area contributed by atoms with E-state index in [0.29, 0.717) is 0 Å². The third-order valence-electron chi connectivity index (χ3n) is 3.83. The third kappa shape index (κ3) is 3.33. The molecule has 1 aliphatic rings. The van der Waals surface area contributed by atoms with Crippen LogP contribution in [0.1, 0.15) is 30.2 Å². The maximum absolute atomic E-state index is 5.77. The number of rotatable bonds is 6. The molecule has 2 aromatic rings. The van der Waals surface area contributed by atoms with Crippen molar-refractivity contribution in [2.24, 2.45) is 0 Å². The molecule has 1 aliphatic heterocycles. The molecular formula is C17H21BrN2O. The van der Waals surface area contributed by atoms with Crippen LogP contribution in [0.4, 0.5) is 0 Å². The van der Waals surface area contributed by atoms with Gasteiger partial charge in [0.2, 0.25) is 0 Å². The Balaban J connectivity index is 1.64. The fraction of sp³-hybridized carbons (Fsp3) is 0.412. The van der Waals surface area contributed by atoms with E-state index in [-0.39, 0.29) is 0 Å². The van der Waals surface area contributed by atoms with Gasteiger partial charge in [0.1, 0.15) is 5.75 Å². The van der Waals surface area contributed by atoms with Crippen LogP contribution in [0.2, 0.25) is 0 Å². The number of aromatic nitrogens is 1. The molecule has 0 amide bonds. The molecular weight excluding hydrogens is 328 g/mol. The number of fused-ring (bicyclic) bond motifs is 1. The Morgan fingerprint density at radius 3 is 3.10 bits per heavy atom. The van der Waals surface area contributed by atoms with E-state index in [4.69, 9.17) is 4.74 Å². The maximum atomic E-state index is 5.77. The lowest BCUT2D eigenvalue weighted by molar-refractivity contribution is 0.352. The summed E-state index contributed by atoms with van der Waals surface area (Å²) in [6, 6.07) is 8.62. The molecule has 0 saturated heterocycles. The Labute approximate surface area is 134 Å². The SMILES string of the molecule is CCCn1cccc1CNCc1cc(Br)cc2c1OCC2. The van der Waals surface area contributed by atoms with E-state index < -0.39 is 0 Å². The topological polar surface area (TPSA) is 26.2 Å². The highest BCUT2D eigenvalue weighted by Crippen LogP contribution is 2.32. The zero-order valence-electron chi connectivity index (χ0n) is 12.4. The average Bonchev–Trinajstić information content (AvgIpc) is 3.08. The van der Waals surface area contributed by atoms with Crippen molar-refractivity contribution in [1.82, 2.24) is 9.88 Å². The van der Waals surface area contributed by atoms with Gasteiger partial charge in [-0.2, -0.15) is 0 Å². The standard InChI is InChI=1S/C17H21BrN2O/c1-2-6-20-7-3-4-16(20)12-19-11-14-10-15(18)9-13-5-8-21-17(13)14/h3-4,7,9-10,19H,2,5-6,8,11-12H2,1H3. The van der Waals surface area contributed by atoms with Crippen LogP contribution >= 0.6 is 15.9 Å². The smallest absolute Gasteiger partial charge is 0.127 e. The van der Waals surface area contributed by atoms with Gasteiger partial charge in [-0.25, -0.2) is 0 Å². The molecule has 2 heterocycles. The molecule has 1 aromatic heterocycles. The molecule has 0 fully saturated rings. The zero-order chi connectivity index (χ0) is 14.7. The van der Waals surface area contributed by atoms with Gasteiger partial charge in [0.05, 0.1) is 6.61 Å². The van der Waals surface area contributed by atoms with Crippen LogP contribution in [-0.4, -0.2) is 11.2 Å². The highest BCUT2D eigenvalue weighted by atomic mass is 79.9. The Morgan fingerprint density at radius 2 is 2.24 bits per heavy atom. The van der Waals surface area contributed by atoms with Gasteiger partial charge in [-0.3, -0.25) is 0 Å². The van der Waals surface area contributed by atoms with Crippen molar-refractivity contribution in [3.8, 4) is 5.75 Å². The van der Waals surface area contributed by atoms with Crippen molar-refractivity contribution < 1.29 is 4.74 Å². The number of hydrogen-bond donors (Lipinski definition) is 1. The normalized spacial score (nSPS) is 13.2. The van der Waals surface area contributed by atoms with Crippen molar-refractivity contribution in [3.63, 3.8) is 0 Å². The third-order valence-corrected chi connectivity index (χ3v) is 4.29. The second-order valence-corrected chi connectivity index (χ2v) is 6.36. The van der Waals surface area contributed by atoms with Gasteiger partial charge in [0, 0.05) is 48.0 Å². The molecule has 0 bridgehead atoms. The van der Waals surface area contributed by atoms with E-state index in [1.54, 1.807) is 0 Å². The van der Waals surface area contributed by atoms with Crippen LogP contribution in [0.25, 0.3) is 0 Å². The van der Waals surface area contributed by atoms with Gasteiger partial charge in [0.25, 0.3) is 0 Å². The predicted molar refractivity (Wildman–Crippen MR) is 88.6 cm³/mol. The average molecular weight is 349 g/mol. The Bertz CT molecular complexity index is 621. The highest BCUT2D eigenvalue weighted by molar-refractivity contribution is 9.10. The van der Waals surface area contributed by atoms with E-state index in [2.05, 4.69) is 63.2 Å². The highest BCUT2D eigenvalue weighted by Gasteiger charge is 2.17. The first kappa shape index (κ1) is 14.7. The summed E-state index contributed by atoms with van der Waals surface area (Å²) in [4.78, 5) is 0. The van der Waals surface area contributed by atoms with Crippen LogP contribution in [0, 0.1) is 0 Å². The van der Waals surface area contributed by atoms with Crippen LogP contribution in [0.5, 0.6) is 5.75 Å². The minimum Gasteiger partial charge on any atom is -0.493 e. The van der Waals surface area contributed by atoms with Crippen molar-refractivity contribution in [1.29, 1.82) is 0 Å². The van der Waals surface area contributed by atoms with E-state index >= 15 is 0 Å². The fourth-order valence-corrected chi connectivity index (χ4v) is 3.42. The van der Waals surface area contributed by atoms with Crippen molar-refractivity contribution in [2.75, 3.05) is 6.61 Å². The monoisotopic (exact) mass is 348 g/mol. The molecule has 0 spiro atoms. The van der Waals surface area contributed by atoms with Crippen LogP contribution in [-0.2, 0) is 26.1 Å². The number of nitrogens with one attached hydrogen (secondary N) is 1. The summed E-state index contributed by atoms with van der Waals surface area (Å²) in [6.07, 6.45) is 4.33. The summed E-state index contributed by atoms with van der Waals surface area (Å²) in [7, 11) is 0. The zero-order valence-corrected chi connectivity index (χ0v) is 13.9. The minimum absolute atomic E-state index is 0.804. The Kier molecular flexibility index (Phi) is 4.66. The summed E-state index contributed by atoms with van der Waals surface area (Å²) in [5.74, 6) is 1.08. The van der Waals surface area contributed by atoms with E-state index in [1.807, 2.05) is 0 Å². The number of benzene rings is 1. The van der Waals surface area contributed by atoms with Gasteiger partial charge >= 0.3 is 0 Å². The van der Waals surface area contributed by atoms with Crippen LogP contribution < -0.4 is 10.1 Å². The Morgan fingerprint density at radius 1 is 1.33 bits per heavy atom. The maximum Gasteiger partial charge on any atom is 0.127 e. The van der Waals surface area contributed by atoms with Gasteiger partial charge < -0.3 is 14.6 Å². The van der Waals surface area contributed by atoms with Crippen molar-refractivity contribution in [3.05, 3.63) is 51.8 Å². The fourth-order valence-electron chi connectivity index (χ4n) is 2.87. The lowest BCUT2D eigenvalue weighted by Gasteiger charge is -2.12. The number of hydrogen-bond acceptors (Lipinski definition) is 2. The first-order valence-corrected chi connectivity index (χ1v) is 8.36. The molecule has 0 saturated carbocycles. The van der Waals surface area contributed by atoms with Crippen LogP contribution in [0.3, 0.4) is 0 Å². The molecule has 0 aliphatic carbocycles. The van der Waals surface area contributed by atoms with E-state index in [9.17, 15) is 0 Å². The van der Waals surface area contributed by atoms with Crippen molar-refractivity contribution >= 4 is 15.9 Å². The summed E-state index contributed by atoms with van der Waals surface area (Å²) < 4.78 is 9.22. The summed E-state index contributed by atoms with van der Waals surface area (Å²) >= 11 is 3.59. The lowest BCUT2D eigenvalue weighted by atomic mass is 10.1. The molecule has 4 heteroatoms. The van der Waals surface area contributed by atoms with Crippen molar-refractivity contribution in [2.45, 2.75) is 39.4 Å². The first-order chi connectivity index (χ1) is 10.3. The molecule has 0 radical (unpaired) electrons. The lowest BCUT2D eigenvalue weighted by Crippen LogP contribution is -2.16. The number of aryl methyl sites for hydroxylation is 1. The summed E-state index contributed by atoms with van der Waals surface area (Å²) in [6.45, 7) is 5.81. The second kappa shape index (κ2) is 6.67. The molecule has 3 rings (SSSR count).